The minimum atomic E-state index is -3.41. The highest BCUT2D eigenvalue weighted by Gasteiger charge is 2.26. The van der Waals surface area contributed by atoms with Crippen molar-refractivity contribution in [3.63, 3.8) is 0 Å². The lowest BCUT2D eigenvalue weighted by Crippen LogP contribution is -2.33. The van der Waals surface area contributed by atoms with Gasteiger partial charge >= 0.3 is 0 Å². The molecule has 4 nitrogen and oxygen atoms in total. The van der Waals surface area contributed by atoms with Crippen molar-refractivity contribution in [2.24, 2.45) is 0 Å². The summed E-state index contributed by atoms with van der Waals surface area (Å²) in [6.45, 7) is 1.99. The second-order valence-electron chi connectivity index (χ2n) is 2.23. The van der Waals surface area contributed by atoms with Crippen LogP contribution in [0.15, 0.2) is 0 Å². The normalized spacial score (nSPS) is 14.5. The van der Waals surface area contributed by atoms with Crippen molar-refractivity contribution in [1.29, 1.82) is 0 Å². The zero-order valence-electron chi connectivity index (χ0n) is 6.57. The zero-order valence-corrected chi connectivity index (χ0v) is 7.39. The molecule has 0 spiro atoms. The number of sulfone groups is 1. The van der Waals surface area contributed by atoms with Gasteiger partial charge in [-0.25, -0.2) is 8.42 Å². The fourth-order valence-corrected chi connectivity index (χ4v) is 1.83. The van der Waals surface area contributed by atoms with Crippen molar-refractivity contribution < 1.29 is 18.3 Å². The molecule has 1 atom stereocenters. The molecule has 0 aliphatic carbocycles. The molecule has 0 saturated heterocycles. The van der Waals surface area contributed by atoms with Crippen molar-refractivity contribution in [3.05, 3.63) is 0 Å². The summed E-state index contributed by atoms with van der Waals surface area (Å²) >= 11 is 0. The number of carbonyl (C=O) groups is 1. The monoisotopic (exact) mass is 180 g/mol. The molecule has 66 valence electrons. The number of Topliss-reactive ketones (excluding diaryl/α,β-unsaturated/α-hetero) is 1. The molecule has 0 saturated carbocycles. The van der Waals surface area contributed by atoms with Crippen LogP contribution in [0, 0.1) is 0 Å². The van der Waals surface area contributed by atoms with E-state index >= 15 is 0 Å². The van der Waals surface area contributed by atoms with Crippen LogP contribution < -0.4 is 0 Å². The van der Waals surface area contributed by atoms with Gasteiger partial charge in [-0.1, -0.05) is 6.92 Å². The van der Waals surface area contributed by atoms with E-state index in [0.29, 0.717) is 0 Å². The number of aliphatic hydroxyl groups is 1. The van der Waals surface area contributed by atoms with Gasteiger partial charge in [0.2, 0.25) is 0 Å². The van der Waals surface area contributed by atoms with E-state index in [2.05, 4.69) is 0 Å². The van der Waals surface area contributed by atoms with Crippen molar-refractivity contribution in [2.75, 3.05) is 12.4 Å². The van der Waals surface area contributed by atoms with E-state index in [0.717, 1.165) is 6.92 Å². The predicted octanol–water partition coefficient (Wildman–Crippen LogP) is -0.629. The summed E-state index contributed by atoms with van der Waals surface area (Å²) in [7, 11) is -3.41. The average Bonchev–Trinajstić information content (AvgIpc) is 1.88. The SMILES string of the molecule is CCS(=O)(=O)C(CO)C(C)=O. The standard InChI is InChI=1S/C6H12O4S/c1-3-11(9,10)6(4-7)5(2)8/h6-7H,3-4H2,1-2H3. The summed E-state index contributed by atoms with van der Waals surface area (Å²) in [4.78, 5) is 10.6. The molecule has 0 fully saturated rings. The first-order valence-electron chi connectivity index (χ1n) is 3.28. The summed E-state index contributed by atoms with van der Waals surface area (Å²) in [5.74, 6) is -0.619. The summed E-state index contributed by atoms with van der Waals surface area (Å²) in [6.07, 6.45) is 0. The minimum Gasteiger partial charge on any atom is -0.395 e. The Hall–Kier alpha value is -0.420. The lowest BCUT2D eigenvalue weighted by molar-refractivity contribution is -0.117. The van der Waals surface area contributed by atoms with Gasteiger partial charge in [-0.15, -0.1) is 0 Å². The molecule has 11 heavy (non-hydrogen) atoms. The Morgan fingerprint density at radius 1 is 1.55 bits per heavy atom. The summed E-state index contributed by atoms with van der Waals surface area (Å²) in [5, 5.41) is 7.33. The van der Waals surface area contributed by atoms with Gasteiger partial charge in [0.15, 0.2) is 9.84 Å². The number of aliphatic hydroxyl groups excluding tert-OH is 1. The largest absolute Gasteiger partial charge is 0.395 e. The van der Waals surface area contributed by atoms with Gasteiger partial charge in [-0.3, -0.25) is 4.79 Å². The van der Waals surface area contributed by atoms with Gasteiger partial charge < -0.3 is 5.11 Å². The molecular formula is C6H12O4S. The van der Waals surface area contributed by atoms with E-state index in [9.17, 15) is 13.2 Å². The van der Waals surface area contributed by atoms with E-state index < -0.39 is 27.5 Å². The maximum atomic E-state index is 11.0. The first kappa shape index (κ1) is 10.6. The molecular weight excluding hydrogens is 168 g/mol. The highest BCUT2D eigenvalue weighted by Crippen LogP contribution is 2.02. The molecule has 0 aliphatic heterocycles. The van der Waals surface area contributed by atoms with Crippen molar-refractivity contribution in [2.45, 2.75) is 19.1 Å². The number of hydrogen-bond donors (Lipinski definition) is 1. The van der Waals surface area contributed by atoms with Crippen LogP contribution in [0.25, 0.3) is 0 Å². The Bertz CT molecular complexity index is 229. The van der Waals surface area contributed by atoms with Crippen molar-refractivity contribution in [3.8, 4) is 0 Å². The third kappa shape index (κ3) is 2.59. The third-order valence-corrected chi connectivity index (χ3v) is 3.61. The molecule has 0 aliphatic rings. The first-order valence-corrected chi connectivity index (χ1v) is 5.00. The van der Waals surface area contributed by atoms with Gasteiger partial charge in [0.1, 0.15) is 11.0 Å². The molecule has 5 heteroatoms. The van der Waals surface area contributed by atoms with Crippen LogP contribution in [0.1, 0.15) is 13.8 Å². The van der Waals surface area contributed by atoms with Crippen LogP contribution in [0.4, 0.5) is 0 Å². The van der Waals surface area contributed by atoms with E-state index in [4.69, 9.17) is 5.11 Å². The Kier molecular flexibility index (Phi) is 3.68. The molecule has 0 radical (unpaired) electrons. The van der Waals surface area contributed by atoms with E-state index in [1.54, 1.807) is 0 Å². The molecule has 0 aromatic carbocycles. The van der Waals surface area contributed by atoms with Gasteiger partial charge in [-0.2, -0.15) is 0 Å². The van der Waals surface area contributed by atoms with E-state index in [1.807, 2.05) is 0 Å². The number of ketones is 1. The Balaban J connectivity index is 4.65. The van der Waals surface area contributed by atoms with Crippen molar-refractivity contribution in [1.82, 2.24) is 0 Å². The van der Waals surface area contributed by atoms with Crippen LogP contribution >= 0.6 is 0 Å². The fourth-order valence-electron chi connectivity index (χ4n) is 0.696. The maximum Gasteiger partial charge on any atom is 0.162 e. The lowest BCUT2D eigenvalue weighted by atomic mass is 10.3. The number of rotatable bonds is 4. The molecule has 0 aromatic heterocycles. The first-order chi connectivity index (χ1) is 4.95. The van der Waals surface area contributed by atoms with Crippen LogP contribution in [-0.2, 0) is 14.6 Å². The summed E-state index contributed by atoms with van der Waals surface area (Å²) in [6, 6.07) is 0. The van der Waals surface area contributed by atoms with Gasteiger partial charge in [-0.05, 0) is 6.92 Å². The maximum absolute atomic E-state index is 11.0. The van der Waals surface area contributed by atoms with Crippen LogP contribution in [-0.4, -0.2) is 36.9 Å². The van der Waals surface area contributed by atoms with Gasteiger partial charge in [0, 0.05) is 5.75 Å². The average molecular weight is 180 g/mol. The van der Waals surface area contributed by atoms with Crippen LogP contribution in [0.2, 0.25) is 0 Å². The number of hydrogen-bond acceptors (Lipinski definition) is 4. The molecule has 1 N–H and O–H groups in total. The highest BCUT2D eigenvalue weighted by atomic mass is 32.2. The molecule has 0 rings (SSSR count). The van der Waals surface area contributed by atoms with Crippen LogP contribution in [0.3, 0.4) is 0 Å². The third-order valence-electron chi connectivity index (χ3n) is 1.46. The predicted molar refractivity (Wildman–Crippen MR) is 41.0 cm³/mol. The summed E-state index contributed by atoms with van der Waals surface area (Å²) in [5.41, 5.74) is 0. The second kappa shape index (κ2) is 3.82. The van der Waals surface area contributed by atoms with E-state index in [1.165, 1.54) is 6.92 Å². The quantitative estimate of drug-likeness (QED) is 0.625. The van der Waals surface area contributed by atoms with Crippen molar-refractivity contribution >= 4 is 15.6 Å². The highest BCUT2D eigenvalue weighted by molar-refractivity contribution is 7.92. The molecule has 0 bridgehead atoms. The van der Waals surface area contributed by atoms with Crippen LogP contribution in [0.5, 0.6) is 0 Å². The molecule has 0 amide bonds. The number of carbonyl (C=O) groups excluding carboxylic acids is 1. The fraction of sp³-hybridized carbons (Fsp3) is 0.833. The van der Waals surface area contributed by atoms with E-state index in [-0.39, 0.29) is 5.75 Å². The smallest absolute Gasteiger partial charge is 0.162 e. The molecule has 1 unspecified atom stereocenters. The molecule has 0 aromatic rings. The Morgan fingerprint density at radius 2 is 2.00 bits per heavy atom. The second-order valence-corrected chi connectivity index (χ2v) is 4.71. The lowest BCUT2D eigenvalue weighted by Gasteiger charge is -2.08. The zero-order chi connectivity index (χ0) is 9.07. The van der Waals surface area contributed by atoms with Gasteiger partial charge in [0.05, 0.1) is 6.61 Å². The minimum absolute atomic E-state index is 0.113. The topological polar surface area (TPSA) is 71.4 Å². The summed E-state index contributed by atoms with van der Waals surface area (Å²) < 4.78 is 22.0. The Morgan fingerprint density at radius 3 is 2.09 bits per heavy atom. The van der Waals surface area contributed by atoms with Gasteiger partial charge in [0.25, 0.3) is 0 Å². The Labute approximate surface area is 66.1 Å². The molecule has 0 heterocycles.